The average Bonchev–Trinajstić information content (AvgIpc) is 2.36. The van der Waals surface area contributed by atoms with Gasteiger partial charge in [0.1, 0.15) is 0 Å². The first-order chi connectivity index (χ1) is 5.56. The minimum atomic E-state index is -2.74. The summed E-state index contributed by atoms with van der Waals surface area (Å²) in [4.78, 5) is 0.116. The molecule has 0 bridgehead atoms. The molecule has 0 atom stereocenters. The van der Waals surface area contributed by atoms with Crippen LogP contribution in [-0.4, -0.2) is 6.54 Å². The van der Waals surface area contributed by atoms with Crippen molar-refractivity contribution in [1.29, 1.82) is 0 Å². The van der Waals surface area contributed by atoms with Crippen molar-refractivity contribution < 1.29 is 8.78 Å². The van der Waals surface area contributed by atoms with Crippen LogP contribution >= 0.6 is 11.3 Å². The van der Waals surface area contributed by atoms with Crippen LogP contribution < -0.4 is 5.73 Å². The molecule has 0 aromatic carbocycles. The third-order valence-corrected chi connectivity index (χ3v) is 2.71. The SMILES string of the molecule is Cc1csc(C(F)(F)CCN)c1. The molecule has 1 nitrogen and oxygen atoms in total. The molecule has 0 aliphatic heterocycles. The number of nitrogens with two attached hydrogens (primary N) is 1. The van der Waals surface area contributed by atoms with E-state index in [1.807, 2.05) is 0 Å². The van der Waals surface area contributed by atoms with E-state index < -0.39 is 5.92 Å². The Bertz CT molecular complexity index is 257. The predicted octanol–water partition coefficient (Wildman–Crippen LogP) is 2.50. The van der Waals surface area contributed by atoms with E-state index in [1.54, 1.807) is 12.3 Å². The quantitative estimate of drug-likeness (QED) is 0.780. The van der Waals surface area contributed by atoms with Crippen LogP contribution in [0.2, 0.25) is 0 Å². The highest BCUT2D eigenvalue weighted by molar-refractivity contribution is 7.10. The minimum Gasteiger partial charge on any atom is -0.330 e. The van der Waals surface area contributed by atoms with Crippen LogP contribution in [0.25, 0.3) is 0 Å². The molecule has 0 aliphatic rings. The lowest BCUT2D eigenvalue weighted by molar-refractivity contribution is -0.00685. The molecule has 4 heteroatoms. The first-order valence-corrected chi connectivity index (χ1v) is 4.58. The third-order valence-electron chi connectivity index (χ3n) is 1.55. The molecule has 0 spiro atoms. The van der Waals surface area contributed by atoms with Gasteiger partial charge in [-0.2, -0.15) is 0 Å². The molecule has 0 radical (unpaired) electrons. The third kappa shape index (κ3) is 2.01. The molecule has 0 saturated carbocycles. The second-order valence-electron chi connectivity index (χ2n) is 2.73. The fraction of sp³-hybridized carbons (Fsp3) is 0.500. The molecule has 1 aromatic rings. The van der Waals surface area contributed by atoms with Gasteiger partial charge < -0.3 is 5.73 Å². The van der Waals surface area contributed by atoms with E-state index in [2.05, 4.69) is 0 Å². The lowest BCUT2D eigenvalue weighted by atomic mass is 10.2. The summed E-state index contributed by atoms with van der Waals surface area (Å²) < 4.78 is 26.2. The van der Waals surface area contributed by atoms with Crippen molar-refractivity contribution in [3.63, 3.8) is 0 Å². The largest absolute Gasteiger partial charge is 0.330 e. The number of hydrogen-bond acceptors (Lipinski definition) is 2. The van der Waals surface area contributed by atoms with Crippen LogP contribution in [0, 0.1) is 6.92 Å². The van der Waals surface area contributed by atoms with Crippen LogP contribution in [-0.2, 0) is 5.92 Å². The Morgan fingerprint density at radius 2 is 2.25 bits per heavy atom. The van der Waals surface area contributed by atoms with Crippen molar-refractivity contribution in [2.75, 3.05) is 6.54 Å². The Balaban J connectivity index is 2.81. The van der Waals surface area contributed by atoms with Gasteiger partial charge in [-0.1, -0.05) is 0 Å². The van der Waals surface area contributed by atoms with E-state index in [0.29, 0.717) is 0 Å². The molecule has 1 heterocycles. The van der Waals surface area contributed by atoms with Gasteiger partial charge in [0.05, 0.1) is 4.88 Å². The van der Waals surface area contributed by atoms with Crippen LogP contribution in [0.4, 0.5) is 8.78 Å². The summed E-state index contributed by atoms with van der Waals surface area (Å²) in [5.74, 6) is -2.74. The molecule has 0 aliphatic carbocycles. The molecule has 68 valence electrons. The first kappa shape index (κ1) is 9.61. The molecule has 1 aromatic heterocycles. The predicted molar refractivity (Wildman–Crippen MR) is 46.6 cm³/mol. The van der Waals surface area contributed by atoms with Crippen molar-refractivity contribution in [3.8, 4) is 0 Å². The standard InChI is InChI=1S/C8H11F2NS/c1-6-4-7(12-5-6)8(9,10)2-3-11/h4-5H,2-3,11H2,1H3. The van der Waals surface area contributed by atoms with E-state index in [4.69, 9.17) is 5.73 Å². The normalized spacial score (nSPS) is 12.0. The molecule has 0 amide bonds. The fourth-order valence-corrected chi connectivity index (χ4v) is 1.84. The first-order valence-electron chi connectivity index (χ1n) is 3.70. The molecule has 0 saturated heterocycles. The van der Waals surface area contributed by atoms with Crippen molar-refractivity contribution in [2.45, 2.75) is 19.3 Å². The van der Waals surface area contributed by atoms with Crippen molar-refractivity contribution in [1.82, 2.24) is 0 Å². The van der Waals surface area contributed by atoms with Gasteiger partial charge in [-0.25, -0.2) is 8.78 Å². The van der Waals surface area contributed by atoms with Gasteiger partial charge in [-0.3, -0.25) is 0 Å². The lowest BCUT2D eigenvalue weighted by Crippen LogP contribution is -2.17. The maximum atomic E-state index is 13.1. The zero-order valence-electron chi connectivity index (χ0n) is 6.81. The van der Waals surface area contributed by atoms with Gasteiger partial charge in [0.2, 0.25) is 0 Å². The van der Waals surface area contributed by atoms with Gasteiger partial charge in [0.15, 0.2) is 0 Å². The summed E-state index contributed by atoms with van der Waals surface area (Å²) >= 11 is 1.09. The monoisotopic (exact) mass is 191 g/mol. The van der Waals surface area contributed by atoms with Crippen LogP contribution in [0.3, 0.4) is 0 Å². The van der Waals surface area contributed by atoms with Crippen LogP contribution in [0.1, 0.15) is 16.9 Å². The van der Waals surface area contributed by atoms with Gasteiger partial charge in [0.25, 0.3) is 5.92 Å². The highest BCUT2D eigenvalue weighted by Crippen LogP contribution is 2.35. The highest BCUT2D eigenvalue weighted by Gasteiger charge is 2.31. The van der Waals surface area contributed by atoms with Crippen LogP contribution in [0.15, 0.2) is 11.4 Å². The number of thiophene rings is 1. The van der Waals surface area contributed by atoms with E-state index in [1.165, 1.54) is 6.07 Å². The average molecular weight is 191 g/mol. The summed E-state index contributed by atoms with van der Waals surface area (Å²) in [5.41, 5.74) is 5.96. The summed E-state index contributed by atoms with van der Waals surface area (Å²) in [7, 11) is 0. The lowest BCUT2D eigenvalue weighted by Gasteiger charge is -2.12. The minimum absolute atomic E-state index is 0.0178. The van der Waals surface area contributed by atoms with Crippen molar-refractivity contribution >= 4 is 11.3 Å². The summed E-state index contributed by atoms with van der Waals surface area (Å²) in [6, 6.07) is 1.51. The van der Waals surface area contributed by atoms with Gasteiger partial charge in [-0.05, 0) is 30.5 Å². The van der Waals surface area contributed by atoms with E-state index in [0.717, 1.165) is 16.9 Å². The summed E-state index contributed by atoms with van der Waals surface area (Å²) in [6.07, 6.45) is -0.271. The van der Waals surface area contributed by atoms with E-state index in [9.17, 15) is 8.78 Å². The van der Waals surface area contributed by atoms with Gasteiger partial charge in [0, 0.05) is 6.42 Å². The molecule has 1 rings (SSSR count). The van der Waals surface area contributed by atoms with Crippen molar-refractivity contribution in [2.24, 2.45) is 5.73 Å². The van der Waals surface area contributed by atoms with Gasteiger partial charge in [-0.15, -0.1) is 11.3 Å². The molecular formula is C8H11F2NS. The zero-order valence-corrected chi connectivity index (χ0v) is 7.63. The number of halogens is 2. The number of alkyl halides is 2. The second kappa shape index (κ2) is 3.49. The topological polar surface area (TPSA) is 26.0 Å². The summed E-state index contributed by atoms with van der Waals surface area (Å²) in [6.45, 7) is 1.82. The molecule has 2 N–H and O–H groups in total. The Morgan fingerprint density at radius 3 is 2.67 bits per heavy atom. The maximum absolute atomic E-state index is 13.1. The summed E-state index contributed by atoms with van der Waals surface area (Å²) in [5, 5.41) is 1.72. The van der Waals surface area contributed by atoms with Crippen LogP contribution in [0.5, 0.6) is 0 Å². The van der Waals surface area contributed by atoms with Gasteiger partial charge >= 0.3 is 0 Å². The molecule has 0 fully saturated rings. The van der Waals surface area contributed by atoms with Crippen molar-refractivity contribution in [3.05, 3.63) is 21.9 Å². The number of rotatable bonds is 3. The highest BCUT2D eigenvalue weighted by atomic mass is 32.1. The Labute approximate surface area is 74.2 Å². The fourth-order valence-electron chi connectivity index (χ4n) is 0.928. The number of aryl methyl sites for hydroxylation is 1. The molecular weight excluding hydrogens is 180 g/mol. The maximum Gasteiger partial charge on any atom is 0.283 e. The Morgan fingerprint density at radius 1 is 1.58 bits per heavy atom. The second-order valence-corrected chi connectivity index (χ2v) is 3.64. The molecule has 0 unspecified atom stereocenters. The Kier molecular flexibility index (Phi) is 2.80. The zero-order chi connectivity index (χ0) is 9.19. The van der Waals surface area contributed by atoms with E-state index in [-0.39, 0.29) is 17.8 Å². The molecule has 12 heavy (non-hydrogen) atoms. The number of hydrogen-bond donors (Lipinski definition) is 1. The Hall–Kier alpha value is -0.480. The smallest absolute Gasteiger partial charge is 0.283 e. The van der Waals surface area contributed by atoms with E-state index >= 15 is 0 Å².